The number of rotatable bonds is 4. The van der Waals surface area contributed by atoms with Crippen LogP contribution in [-0.2, 0) is 6.54 Å². The Kier molecular flexibility index (Phi) is 2.86. The van der Waals surface area contributed by atoms with Crippen molar-refractivity contribution in [3.8, 4) is 0 Å². The normalized spacial score (nSPS) is 13.8. The van der Waals surface area contributed by atoms with E-state index in [0.717, 1.165) is 23.8 Å². The highest BCUT2D eigenvalue weighted by Gasteiger charge is 2.26. The van der Waals surface area contributed by atoms with E-state index in [1.54, 1.807) is 29.2 Å². The summed E-state index contributed by atoms with van der Waals surface area (Å²) in [5.41, 5.74) is 2.28. The maximum atomic E-state index is 11.9. The fourth-order valence-electron chi connectivity index (χ4n) is 1.90. The predicted molar refractivity (Wildman–Crippen MR) is 61.4 cm³/mol. The summed E-state index contributed by atoms with van der Waals surface area (Å²) >= 11 is 0. The molecule has 1 heterocycles. The van der Waals surface area contributed by atoms with Crippen LogP contribution >= 0.6 is 0 Å². The minimum atomic E-state index is 0.0503. The summed E-state index contributed by atoms with van der Waals surface area (Å²) in [6.45, 7) is 4.93. The van der Waals surface area contributed by atoms with Crippen molar-refractivity contribution in [2.24, 2.45) is 0 Å². The van der Waals surface area contributed by atoms with Gasteiger partial charge in [0.1, 0.15) is 6.29 Å². The van der Waals surface area contributed by atoms with E-state index in [2.05, 4.69) is 6.58 Å². The average molecular weight is 215 g/mol. The molecule has 1 aliphatic rings. The first-order valence-corrected chi connectivity index (χ1v) is 5.24. The van der Waals surface area contributed by atoms with Gasteiger partial charge in [-0.3, -0.25) is 9.59 Å². The van der Waals surface area contributed by atoms with Crippen molar-refractivity contribution in [1.82, 2.24) is 4.90 Å². The summed E-state index contributed by atoms with van der Waals surface area (Å²) in [4.78, 5) is 24.3. The Morgan fingerprint density at radius 3 is 2.94 bits per heavy atom. The molecule has 0 saturated heterocycles. The number of fused-ring (bicyclic) bond motifs is 1. The van der Waals surface area contributed by atoms with Crippen LogP contribution in [0, 0.1) is 0 Å². The van der Waals surface area contributed by atoms with Crippen molar-refractivity contribution in [2.45, 2.75) is 13.0 Å². The second kappa shape index (κ2) is 4.31. The van der Waals surface area contributed by atoms with Gasteiger partial charge in [-0.05, 0) is 24.1 Å². The molecule has 1 aliphatic heterocycles. The van der Waals surface area contributed by atoms with Crippen LogP contribution in [0.15, 0.2) is 30.9 Å². The molecule has 0 fully saturated rings. The zero-order valence-corrected chi connectivity index (χ0v) is 8.98. The average Bonchev–Trinajstić information content (AvgIpc) is 2.63. The number of amides is 1. The third kappa shape index (κ3) is 1.76. The van der Waals surface area contributed by atoms with Gasteiger partial charge in [0.25, 0.3) is 5.91 Å². The van der Waals surface area contributed by atoms with Gasteiger partial charge >= 0.3 is 0 Å². The van der Waals surface area contributed by atoms with Crippen molar-refractivity contribution >= 4 is 12.2 Å². The summed E-state index contributed by atoms with van der Waals surface area (Å²) in [7, 11) is 0. The Balaban J connectivity index is 2.23. The summed E-state index contributed by atoms with van der Waals surface area (Å²) in [5.74, 6) is 0.0503. The molecule has 0 unspecified atom stereocenters. The Morgan fingerprint density at radius 1 is 1.44 bits per heavy atom. The SMILES string of the molecule is C=CCCN1Cc2cc(C=O)ccc2C1=O. The smallest absolute Gasteiger partial charge is 0.254 e. The molecule has 3 nitrogen and oxygen atoms in total. The van der Waals surface area contributed by atoms with E-state index in [9.17, 15) is 9.59 Å². The number of aldehydes is 1. The lowest BCUT2D eigenvalue weighted by Gasteiger charge is -2.13. The lowest BCUT2D eigenvalue weighted by atomic mass is 10.1. The number of carbonyl (C=O) groups is 2. The highest BCUT2D eigenvalue weighted by atomic mass is 16.2. The number of hydrogen-bond acceptors (Lipinski definition) is 2. The van der Waals surface area contributed by atoms with Crippen LogP contribution in [0.2, 0.25) is 0 Å². The molecule has 1 amide bonds. The first kappa shape index (κ1) is 10.6. The quantitative estimate of drug-likeness (QED) is 0.569. The lowest BCUT2D eigenvalue weighted by molar-refractivity contribution is 0.0781. The van der Waals surface area contributed by atoms with E-state index >= 15 is 0 Å². The Labute approximate surface area is 94.4 Å². The fourth-order valence-corrected chi connectivity index (χ4v) is 1.90. The van der Waals surface area contributed by atoms with Gasteiger partial charge in [-0.25, -0.2) is 0 Å². The minimum Gasteiger partial charge on any atom is -0.334 e. The van der Waals surface area contributed by atoms with E-state index in [4.69, 9.17) is 0 Å². The van der Waals surface area contributed by atoms with Gasteiger partial charge in [0.15, 0.2) is 0 Å². The van der Waals surface area contributed by atoms with Crippen LogP contribution in [0.5, 0.6) is 0 Å². The van der Waals surface area contributed by atoms with Crippen LogP contribution in [0.1, 0.15) is 32.7 Å². The third-order valence-electron chi connectivity index (χ3n) is 2.75. The molecule has 0 bridgehead atoms. The molecule has 0 spiro atoms. The highest BCUT2D eigenvalue weighted by molar-refractivity contribution is 5.99. The Morgan fingerprint density at radius 2 is 2.25 bits per heavy atom. The van der Waals surface area contributed by atoms with Crippen molar-refractivity contribution in [3.05, 3.63) is 47.5 Å². The molecule has 0 saturated carbocycles. The van der Waals surface area contributed by atoms with Gasteiger partial charge in [-0.15, -0.1) is 6.58 Å². The molecular formula is C13H13NO2. The van der Waals surface area contributed by atoms with Gasteiger partial charge in [0, 0.05) is 24.2 Å². The van der Waals surface area contributed by atoms with Crippen molar-refractivity contribution in [1.29, 1.82) is 0 Å². The van der Waals surface area contributed by atoms with Gasteiger partial charge in [0.2, 0.25) is 0 Å². The third-order valence-corrected chi connectivity index (χ3v) is 2.75. The fraction of sp³-hybridized carbons (Fsp3) is 0.231. The molecule has 0 atom stereocenters. The molecule has 1 aromatic rings. The number of hydrogen-bond donors (Lipinski definition) is 0. The van der Waals surface area contributed by atoms with E-state index in [0.29, 0.717) is 18.7 Å². The highest BCUT2D eigenvalue weighted by Crippen LogP contribution is 2.23. The van der Waals surface area contributed by atoms with Crippen molar-refractivity contribution < 1.29 is 9.59 Å². The minimum absolute atomic E-state index is 0.0503. The molecular weight excluding hydrogens is 202 g/mol. The Bertz CT molecular complexity index is 451. The van der Waals surface area contributed by atoms with Gasteiger partial charge in [0.05, 0.1) is 0 Å². The van der Waals surface area contributed by atoms with Crippen LogP contribution in [0.3, 0.4) is 0 Å². The number of benzene rings is 1. The maximum absolute atomic E-state index is 11.9. The number of nitrogens with zero attached hydrogens (tertiary/aromatic N) is 1. The van der Waals surface area contributed by atoms with Gasteiger partial charge < -0.3 is 4.90 Å². The second-order valence-corrected chi connectivity index (χ2v) is 3.84. The molecule has 0 aliphatic carbocycles. The molecule has 82 valence electrons. The van der Waals surface area contributed by atoms with Crippen molar-refractivity contribution in [2.75, 3.05) is 6.54 Å². The first-order chi connectivity index (χ1) is 7.76. The molecule has 2 rings (SSSR count). The topological polar surface area (TPSA) is 37.4 Å². The zero-order valence-electron chi connectivity index (χ0n) is 8.98. The second-order valence-electron chi connectivity index (χ2n) is 3.84. The maximum Gasteiger partial charge on any atom is 0.254 e. The molecule has 0 radical (unpaired) electrons. The molecule has 3 heteroatoms. The summed E-state index contributed by atoms with van der Waals surface area (Å²) in [6.07, 6.45) is 3.39. The van der Waals surface area contributed by atoms with Crippen LogP contribution < -0.4 is 0 Å². The van der Waals surface area contributed by atoms with Crippen molar-refractivity contribution in [3.63, 3.8) is 0 Å². The number of carbonyl (C=O) groups excluding carboxylic acids is 2. The van der Waals surface area contributed by atoms with Crippen LogP contribution in [-0.4, -0.2) is 23.6 Å². The van der Waals surface area contributed by atoms with Crippen LogP contribution in [0.25, 0.3) is 0 Å². The van der Waals surface area contributed by atoms with Gasteiger partial charge in [-0.1, -0.05) is 12.1 Å². The molecule has 0 N–H and O–H groups in total. The summed E-state index contributed by atoms with van der Waals surface area (Å²) < 4.78 is 0. The monoisotopic (exact) mass is 215 g/mol. The molecule has 0 aromatic heterocycles. The Hall–Kier alpha value is -1.90. The van der Waals surface area contributed by atoms with E-state index in [1.807, 2.05) is 0 Å². The standard InChI is InChI=1S/C13H13NO2/c1-2-3-6-14-8-11-7-10(9-15)4-5-12(11)13(14)16/h2,4-5,7,9H,1,3,6,8H2. The predicted octanol–water partition coefficient (Wildman–Crippen LogP) is 2.03. The summed E-state index contributed by atoms with van der Waals surface area (Å²) in [6, 6.07) is 5.20. The largest absolute Gasteiger partial charge is 0.334 e. The molecule has 16 heavy (non-hydrogen) atoms. The summed E-state index contributed by atoms with van der Waals surface area (Å²) in [5, 5.41) is 0. The zero-order chi connectivity index (χ0) is 11.5. The lowest BCUT2D eigenvalue weighted by Crippen LogP contribution is -2.24. The van der Waals surface area contributed by atoms with E-state index < -0.39 is 0 Å². The van der Waals surface area contributed by atoms with Crippen LogP contribution in [0.4, 0.5) is 0 Å². The first-order valence-electron chi connectivity index (χ1n) is 5.24. The molecule has 1 aromatic carbocycles. The van der Waals surface area contributed by atoms with Gasteiger partial charge in [-0.2, -0.15) is 0 Å². The van der Waals surface area contributed by atoms with E-state index in [1.165, 1.54) is 0 Å². The van der Waals surface area contributed by atoms with E-state index in [-0.39, 0.29) is 5.91 Å².